The van der Waals surface area contributed by atoms with Crippen LogP contribution in [-0.4, -0.2) is 95.4 Å². The Morgan fingerprint density at radius 3 is 2.36 bits per heavy atom. The summed E-state index contributed by atoms with van der Waals surface area (Å²) in [6.07, 6.45) is -0.0983. The number of halogens is 1. The van der Waals surface area contributed by atoms with Crippen LogP contribution in [0.5, 0.6) is 11.5 Å². The number of hydrogen-bond acceptors (Lipinski definition) is 8. The van der Waals surface area contributed by atoms with Crippen LogP contribution in [0.3, 0.4) is 0 Å². The van der Waals surface area contributed by atoms with Crippen LogP contribution in [0.25, 0.3) is 16.6 Å². The van der Waals surface area contributed by atoms with E-state index >= 15 is 0 Å². The van der Waals surface area contributed by atoms with E-state index < -0.39 is 0 Å². The van der Waals surface area contributed by atoms with E-state index in [1.165, 1.54) is 0 Å². The molecule has 1 atom stereocenters. The monoisotopic (exact) mass is 659 g/mol. The van der Waals surface area contributed by atoms with Crippen molar-refractivity contribution in [2.75, 3.05) is 59.1 Å². The number of amides is 1. The van der Waals surface area contributed by atoms with Crippen LogP contribution in [0, 0.1) is 0 Å². The number of ether oxygens (including phenoxy) is 3. The molecular formula is C36H42ClN5O5. The first-order valence-electron chi connectivity index (χ1n) is 16.3. The van der Waals surface area contributed by atoms with Crippen LogP contribution in [0.1, 0.15) is 38.2 Å². The van der Waals surface area contributed by atoms with Gasteiger partial charge in [-0.25, -0.2) is 4.98 Å². The zero-order valence-corrected chi connectivity index (χ0v) is 28.0. The number of hydrogen-bond donors (Lipinski definition) is 0. The maximum atomic E-state index is 14.4. The number of para-hydroxylation sites is 2. The summed E-state index contributed by atoms with van der Waals surface area (Å²) in [5.74, 6) is 1.86. The molecule has 11 heteroatoms. The van der Waals surface area contributed by atoms with Gasteiger partial charge in [-0.1, -0.05) is 35.9 Å². The maximum absolute atomic E-state index is 14.4. The van der Waals surface area contributed by atoms with Gasteiger partial charge in [-0.2, -0.15) is 0 Å². The summed E-state index contributed by atoms with van der Waals surface area (Å²) in [6, 6.07) is 20.3. The first kappa shape index (κ1) is 33.0. The standard InChI is InChI=1S/C36H42ClN5O5/c1-25(2)47-34-27(23-39-19-21-45-22-20-39)7-6-10-32(34)42-35(38-31-9-5-4-8-30(31)36(42)44)26(3)40-15-17-41(18-16-40)33(43)24-46-29-13-11-28(37)12-14-29/h4-14,25-26H,15-24H2,1-3H3. The van der Waals surface area contributed by atoms with Crippen molar-refractivity contribution in [1.29, 1.82) is 0 Å². The molecule has 2 fully saturated rings. The summed E-state index contributed by atoms with van der Waals surface area (Å²) in [6.45, 7) is 12.2. The highest BCUT2D eigenvalue weighted by Crippen LogP contribution is 2.33. The van der Waals surface area contributed by atoms with Gasteiger partial charge in [0.05, 0.1) is 41.9 Å². The van der Waals surface area contributed by atoms with E-state index in [0.717, 1.165) is 18.7 Å². The number of carbonyl (C=O) groups excluding carboxylic acids is 1. The number of carbonyl (C=O) groups is 1. The number of nitrogens with zero attached hydrogens (tertiary/aromatic N) is 5. The van der Waals surface area contributed by atoms with Gasteiger partial charge in [-0.3, -0.25) is 24.0 Å². The van der Waals surface area contributed by atoms with Crippen LogP contribution in [-0.2, 0) is 16.1 Å². The number of aromatic nitrogens is 2. The van der Waals surface area contributed by atoms with E-state index in [4.69, 9.17) is 30.8 Å². The van der Waals surface area contributed by atoms with Crippen molar-refractivity contribution in [3.8, 4) is 17.2 Å². The van der Waals surface area contributed by atoms with Crippen LogP contribution in [0.4, 0.5) is 0 Å². The molecule has 1 amide bonds. The van der Waals surface area contributed by atoms with Crippen molar-refractivity contribution < 1.29 is 19.0 Å². The number of rotatable bonds is 10. The second-order valence-corrected chi connectivity index (χ2v) is 12.7. The zero-order chi connectivity index (χ0) is 32.9. The van der Waals surface area contributed by atoms with Crippen molar-refractivity contribution in [3.05, 3.63) is 93.5 Å². The summed E-state index contributed by atoms with van der Waals surface area (Å²) >= 11 is 5.96. The van der Waals surface area contributed by atoms with E-state index in [1.54, 1.807) is 28.8 Å². The zero-order valence-electron chi connectivity index (χ0n) is 27.2. The largest absolute Gasteiger partial charge is 0.488 e. The maximum Gasteiger partial charge on any atom is 0.266 e. The Morgan fingerprint density at radius 2 is 1.64 bits per heavy atom. The first-order valence-corrected chi connectivity index (χ1v) is 16.7. The van der Waals surface area contributed by atoms with Crippen LogP contribution in [0.15, 0.2) is 71.5 Å². The van der Waals surface area contributed by atoms with Crippen LogP contribution < -0.4 is 15.0 Å². The van der Waals surface area contributed by atoms with Gasteiger partial charge in [0.25, 0.3) is 11.5 Å². The Hall–Kier alpha value is -3.96. The topological polar surface area (TPSA) is 89.4 Å². The van der Waals surface area contributed by atoms with Crippen molar-refractivity contribution in [2.45, 2.75) is 39.5 Å². The summed E-state index contributed by atoms with van der Waals surface area (Å²) in [5.41, 5.74) is 2.22. The van der Waals surface area contributed by atoms with E-state index in [1.807, 2.05) is 55.1 Å². The second kappa shape index (κ2) is 14.9. The van der Waals surface area contributed by atoms with E-state index in [-0.39, 0.29) is 30.2 Å². The molecule has 1 unspecified atom stereocenters. The van der Waals surface area contributed by atoms with Crippen molar-refractivity contribution in [2.24, 2.45) is 0 Å². The molecule has 4 aromatic rings. The van der Waals surface area contributed by atoms with E-state index in [0.29, 0.717) is 84.9 Å². The predicted octanol–water partition coefficient (Wildman–Crippen LogP) is 4.94. The molecule has 10 nitrogen and oxygen atoms in total. The molecule has 1 aromatic heterocycles. The molecule has 0 radical (unpaired) electrons. The number of piperazine rings is 1. The molecule has 248 valence electrons. The molecule has 0 spiro atoms. The highest BCUT2D eigenvalue weighted by Gasteiger charge is 2.30. The molecule has 3 heterocycles. The van der Waals surface area contributed by atoms with Gasteiger partial charge in [0.15, 0.2) is 6.61 Å². The molecule has 0 aliphatic carbocycles. The van der Waals surface area contributed by atoms with E-state index in [9.17, 15) is 9.59 Å². The molecule has 47 heavy (non-hydrogen) atoms. The summed E-state index contributed by atoms with van der Waals surface area (Å²) in [4.78, 5) is 38.9. The molecule has 0 N–H and O–H groups in total. The minimum Gasteiger partial charge on any atom is -0.488 e. The van der Waals surface area contributed by atoms with Gasteiger partial charge in [-0.15, -0.1) is 0 Å². The first-order chi connectivity index (χ1) is 22.8. The lowest BCUT2D eigenvalue weighted by Gasteiger charge is -2.38. The average molecular weight is 660 g/mol. The second-order valence-electron chi connectivity index (χ2n) is 12.3. The van der Waals surface area contributed by atoms with Gasteiger partial charge < -0.3 is 19.1 Å². The molecule has 0 saturated carbocycles. The Labute approximate surface area is 280 Å². The fourth-order valence-electron chi connectivity index (χ4n) is 6.20. The van der Waals surface area contributed by atoms with Crippen molar-refractivity contribution in [1.82, 2.24) is 24.3 Å². The fourth-order valence-corrected chi connectivity index (χ4v) is 6.32. The van der Waals surface area contributed by atoms with Crippen LogP contribution in [0.2, 0.25) is 5.02 Å². The van der Waals surface area contributed by atoms with Gasteiger partial charge in [-0.05, 0) is 63.2 Å². The van der Waals surface area contributed by atoms with Crippen LogP contribution >= 0.6 is 11.6 Å². The van der Waals surface area contributed by atoms with E-state index in [2.05, 4.69) is 22.8 Å². The molecule has 2 aliphatic heterocycles. The quantitative estimate of drug-likeness (QED) is 0.237. The lowest BCUT2D eigenvalue weighted by atomic mass is 10.1. The Balaban J connectivity index is 1.29. The molecule has 2 aliphatic rings. The third-order valence-electron chi connectivity index (χ3n) is 8.73. The number of benzene rings is 3. The Morgan fingerprint density at radius 1 is 0.915 bits per heavy atom. The third kappa shape index (κ3) is 7.62. The highest BCUT2D eigenvalue weighted by molar-refractivity contribution is 6.30. The minimum atomic E-state index is -0.218. The Bertz CT molecular complexity index is 1750. The smallest absolute Gasteiger partial charge is 0.266 e. The number of fused-ring (bicyclic) bond motifs is 1. The summed E-state index contributed by atoms with van der Waals surface area (Å²) in [7, 11) is 0. The van der Waals surface area contributed by atoms with Crippen molar-refractivity contribution in [3.63, 3.8) is 0 Å². The molecular weight excluding hydrogens is 618 g/mol. The highest BCUT2D eigenvalue weighted by atomic mass is 35.5. The fraction of sp³-hybridized carbons (Fsp3) is 0.417. The normalized spacial score (nSPS) is 16.8. The molecule has 6 rings (SSSR count). The van der Waals surface area contributed by atoms with Gasteiger partial charge in [0, 0.05) is 56.4 Å². The molecule has 3 aromatic carbocycles. The number of morpholine rings is 1. The molecule has 0 bridgehead atoms. The van der Waals surface area contributed by atoms with Gasteiger partial charge >= 0.3 is 0 Å². The van der Waals surface area contributed by atoms with Gasteiger partial charge in [0.1, 0.15) is 17.3 Å². The lowest BCUT2D eigenvalue weighted by molar-refractivity contribution is -0.135. The Kier molecular flexibility index (Phi) is 10.4. The average Bonchev–Trinajstić information content (AvgIpc) is 3.09. The SMILES string of the molecule is CC(C)Oc1c(CN2CCOCC2)cccc1-n1c(C(C)N2CCN(C(=O)COc3ccc(Cl)cc3)CC2)nc2ccccc2c1=O. The lowest BCUT2D eigenvalue weighted by Crippen LogP contribution is -2.51. The van der Waals surface area contributed by atoms with Gasteiger partial charge in [0.2, 0.25) is 0 Å². The molecule has 2 saturated heterocycles. The summed E-state index contributed by atoms with van der Waals surface area (Å²) in [5, 5.41) is 1.17. The third-order valence-corrected chi connectivity index (χ3v) is 8.99. The summed E-state index contributed by atoms with van der Waals surface area (Å²) < 4.78 is 19.5. The minimum absolute atomic E-state index is 0.0393. The predicted molar refractivity (Wildman–Crippen MR) is 183 cm³/mol. The van der Waals surface area contributed by atoms with Crippen molar-refractivity contribution >= 4 is 28.4 Å².